The van der Waals surface area contributed by atoms with Crippen LogP contribution in [-0.2, 0) is 10.2 Å². The Balaban J connectivity index is 2.34. The van der Waals surface area contributed by atoms with Crippen LogP contribution in [0.2, 0.25) is 0 Å². The summed E-state index contributed by atoms with van der Waals surface area (Å²) in [6, 6.07) is 8.17. The van der Waals surface area contributed by atoms with E-state index >= 15 is 0 Å². The Labute approximate surface area is 112 Å². The Bertz CT molecular complexity index is 526. The molecule has 1 aliphatic heterocycles. The van der Waals surface area contributed by atoms with E-state index < -0.39 is 0 Å². The number of nitriles is 1. The smallest absolute Gasteiger partial charge is 0.238 e. The summed E-state index contributed by atoms with van der Waals surface area (Å²) in [5.41, 5.74) is 2.18. The minimum absolute atomic E-state index is 0.0717. The number of rotatable bonds is 1. The van der Waals surface area contributed by atoms with Crippen molar-refractivity contribution >= 4 is 23.4 Å². The van der Waals surface area contributed by atoms with Crippen LogP contribution in [0.5, 0.6) is 0 Å². The molecule has 0 fully saturated rings. The zero-order chi connectivity index (χ0) is 13.3. The lowest BCUT2D eigenvalue weighted by atomic mass is 9.87. The third-order valence-electron chi connectivity index (χ3n) is 2.94. The lowest BCUT2D eigenvalue weighted by molar-refractivity contribution is -0.115. The molecule has 1 unspecified atom stereocenters. The molecule has 0 aliphatic carbocycles. The predicted octanol–water partition coefficient (Wildman–Crippen LogP) is 3.31. The van der Waals surface area contributed by atoms with Gasteiger partial charge in [0, 0.05) is 4.90 Å². The molecule has 18 heavy (non-hydrogen) atoms. The molecule has 1 aromatic rings. The number of carbonyl (C=O) groups excluding carboxylic acids is 1. The molecule has 0 spiro atoms. The van der Waals surface area contributed by atoms with Gasteiger partial charge in [-0.05, 0) is 23.1 Å². The summed E-state index contributed by atoms with van der Waals surface area (Å²) in [4.78, 5) is 12.8. The first-order valence-corrected chi connectivity index (χ1v) is 6.79. The fourth-order valence-corrected chi connectivity index (χ4v) is 2.90. The number of nitrogens with zero attached hydrogens (tertiary/aromatic N) is 1. The molecule has 0 aromatic heterocycles. The molecule has 2 rings (SSSR count). The van der Waals surface area contributed by atoms with Gasteiger partial charge in [-0.25, -0.2) is 0 Å². The number of nitrogens with one attached hydrogen (secondary N) is 1. The number of carbonyl (C=O) groups is 1. The van der Waals surface area contributed by atoms with Gasteiger partial charge in [-0.3, -0.25) is 4.79 Å². The largest absolute Gasteiger partial charge is 0.324 e. The molecule has 3 nitrogen and oxygen atoms in total. The fraction of sp³-hybridized carbons (Fsp3) is 0.429. The molecule has 0 bridgehead atoms. The van der Waals surface area contributed by atoms with Crippen LogP contribution in [0.3, 0.4) is 0 Å². The number of hydrogen-bond donors (Lipinski definition) is 1. The highest BCUT2D eigenvalue weighted by atomic mass is 32.2. The van der Waals surface area contributed by atoms with Crippen molar-refractivity contribution in [2.24, 2.45) is 0 Å². The first-order valence-electron chi connectivity index (χ1n) is 5.91. The second-order valence-corrected chi connectivity index (χ2v) is 6.66. The molecule has 1 aromatic carbocycles. The van der Waals surface area contributed by atoms with Gasteiger partial charge in [-0.15, -0.1) is 11.8 Å². The van der Waals surface area contributed by atoms with Gasteiger partial charge in [0.05, 0.1) is 18.2 Å². The van der Waals surface area contributed by atoms with Crippen molar-refractivity contribution in [2.75, 3.05) is 5.32 Å². The van der Waals surface area contributed by atoms with Crippen LogP contribution >= 0.6 is 11.8 Å². The monoisotopic (exact) mass is 260 g/mol. The summed E-state index contributed by atoms with van der Waals surface area (Å²) < 4.78 is 0. The molecule has 1 atom stereocenters. The van der Waals surface area contributed by atoms with Crippen molar-refractivity contribution in [1.29, 1.82) is 5.26 Å². The van der Waals surface area contributed by atoms with Gasteiger partial charge >= 0.3 is 0 Å². The van der Waals surface area contributed by atoms with Crippen molar-refractivity contribution in [1.82, 2.24) is 0 Å². The normalized spacial score (nSPS) is 18.8. The number of fused-ring (bicyclic) bond motifs is 1. The van der Waals surface area contributed by atoms with Crippen LogP contribution in [0.15, 0.2) is 23.1 Å². The van der Waals surface area contributed by atoms with E-state index in [1.807, 2.05) is 12.1 Å². The van der Waals surface area contributed by atoms with Gasteiger partial charge in [-0.2, -0.15) is 5.26 Å². The zero-order valence-corrected chi connectivity index (χ0v) is 11.6. The molecular weight excluding hydrogens is 244 g/mol. The van der Waals surface area contributed by atoms with E-state index in [-0.39, 0.29) is 23.0 Å². The number of thioether (sulfide) groups is 1. The van der Waals surface area contributed by atoms with E-state index in [1.54, 1.807) is 0 Å². The van der Waals surface area contributed by atoms with Crippen molar-refractivity contribution in [2.45, 2.75) is 42.8 Å². The Morgan fingerprint density at radius 2 is 2.17 bits per heavy atom. The number of anilines is 1. The first kappa shape index (κ1) is 13.0. The Morgan fingerprint density at radius 3 is 2.78 bits per heavy atom. The summed E-state index contributed by atoms with van der Waals surface area (Å²) >= 11 is 1.49. The Hall–Kier alpha value is -1.47. The molecule has 1 amide bonds. The van der Waals surface area contributed by atoms with Crippen molar-refractivity contribution in [3.63, 3.8) is 0 Å². The van der Waals surface area contributed by atoms with E-state index in [0.29, 0.717) is 0 Å². The van der Waals surface area contributed by atoms with Crippen LogP contribution in [-0.4, -0.2) is 11.2 Å². The quantitative estimate of drug-likeness (QED) is 0.842. The third-order valence-corrected chi connectivity index (χ3v) is 4.20. The Morgan fingerprint density at radius 1 is 1.44 bits per heavy atom. The maximum Gasteiger partial charge on any atom is 0.238 e. The highest BCUT2D eigenvalue weighted by Crippen LogP contribution is 2.39. The maximum atomic E-state index is 11.7. The van der Waals surface area contributed by atoms with Crippen molar-refractivity contribution < 1.29 is 4.79 Å². The molecule has 1 heterocycles. The van der Waals surface area contributed by atoms with Crippen LogP contribution in [0, 0.1) is 11.3 Å². The minimum Gasteiger partial charge on any atom is -0.324 e. The van der Waals surface area contributed by atoms with Gasteiger partial charge in [0.2, 0.25) is 5.91 Å². The molecular formula is C14H16N2OS. The lowest BCUT2D eigenvalue weighted by Gasteiger charge is -2.26. The summed E-state index contributed by atoms with van der Waals surface area (Å²) in [5.74, 6) is -0.0717. The average molecular weight is 260 g/mol. The highest BCUT2D eigenvalue weighted by molar-refractivity contribution is 8.01. The summed E-state index contributed by atoms with van der Waals surface area (Å²) in [6.45, 7) is 6.48. The van der Waals surface area contributed by atoms with Crippen LogP contribution in [0.1, 0.15) is 32.8 Å². The van der Waals surface area contributed by atoms with E-state index in [9.17, 15) is 4.79 Å². The lowest BCUT2D eigenvalue weighted by Crippen LogP contribution is -2.28. The van der Waals surface area contributed by atoms with Crippen molar-refractivity contribution in [3.05, 3.63) is 23.8 Å². The van der Waals surface area contributed by atoms with E-state index in [4.69, 9.17) is 5.26 Å². The minimum atomic E-state index is -0.294. The van der Waals surface area contributed by atoms with Crippen LogP contribution in [0.25, 0.3) is 0 Å². The molecule has 0 saturated heterocycles. The number of amides is 1. The fourth-order valence-electron chi connectivity index (χ4n) is 1.83. The average Bonchev–Trinajstić information content (AvgIpc) is 2.28. The van der Waals surface area contributed by atoms with Gasteiger partial charge in [0.25, 0.3) is 0 Å². The summed E-state index contributed by atoms with van der Waals surface area (Å²) in [7, 11) is 0. The summed E-state index contributed by atoms with van der Waals surface area (Å²) in [6.07, 6.45) is 0.246. The third kappa shape index (κ3) is 2.51. The number of benzene rings is 1. The second-order valence-electron chi connectivity index (χ2n) is 5.42. The zero-order valence-electron chi connectivity index (χ0n) is 10.8. The van der Waals surface area contributed by atoms with E-state index in [2.05, 4.69) is 38.2 Å². The SMILES string of the molecule is CC(C)(C)c1ccc2c(c1)SC(CC#N)C(=O)N2. The van der Waals surface area contributed by atoms with Gasteiger partial charge in [0.1, 0.15) is 5.25 Å². The molecule has 94 valence electrons. The standard InChI is InChI=1S/C14H16N2OS/c1-14(2,3)9-4-5-10-12(8-9)18-11(6-7-15)13(17)16-10/h4-5,8,11H,6H2,1-3H3,(H,16,17). The molecule has 0 radical (unpaired) electrons. The topological polar surface area (TPSA) is 52.9 Å². The van der Waals surface area contributed by atoms with Gasteiger partial charge < -0.3 is 5.32 Å². The van der Waals surface area contributed by atoms with Crippen LogP contribution in [0.4, 0.5) is 5.69 Å². The van der Waals surface area contributed by atoms with E-state index in [0.717, 1.165) is 10.6 Å². The van der Waals surface area contributed by atoms with Gasteiger partial charge in [0.15, 0.2) is 0 Å². The van der Waals surface area contributed by atoms with Crippen LogP contribution < -0.4 is 5.32 Å². The second kappa shape index (κ2) is 4.66. The Kier molecular flexibility index (Phi) is 3.36. The summed E-state index contributed by atoms with van der Waals surface area (Å²) in [5, 5.41) is 11.3. The molecule has 0 saturated carbocycles. The van der Waals surface area contributed by atoms with Gasteiger partial charge in [-0.1, -0.05) is 26.8 Å². The highest BCUT2D eigenvalue weighted by Gasteiger charge is 2.27. The molecule has 1 N–H and O–H groups in total. The molecule has 4 heteroatoms. The van der Waals surface area contributed by atoms with E-state index in [1.165, 1.54) is 17.3 Å². The number of hydrogen-bond acceptors (Lipinski definition) is 3. The van der Waals surface area contributed by atoms with Crippen molar-refractivity contribution in [3.8, 4) is 6.07 Å². The maximum absolute atomic E-state index is 11.7. The predicted molar refractivity (Wildman–Crippen MR) is 73.6 cm³/mol. The first-order chi connectivity index (χ1) is 8.41. The molecule has 1 aliphatic rings.